The Morgan fingerprint density at radius 2 is 1.97 bits per heavy atom. The lowest BCUT2D eigenvalue weighted by atomic mass is 10.1. The molecule has 0 bridgehead atoms. The first-order valence-electron chi connectivity index (χ1n) is 10.1. The number of carbonyl (C=O) groups is 1. The molecular formula is C22H21N7O. The van der Waals surface area contributed by atoms with Gasteiger partial charge in [0.15, 0.2) is 5.82 Å². The summed E-state index contributed by atoms with van der Waals surface area (Å²) < 4.78 is 3.68. The van der Waals surface area contributed by atoms with Gasteiger partial charge < -0.3 is 5.32 Å². The molecule has 1 N–H and O–H groups in total. The Labute approximate surface area is 173 Å². The van der Waals surface area contributed by atoms with Crippen LogP contribution in [0.5, 0.6) is 0 Å². The zero-order chi connectivity index (χ0) is 20.5. The van der Waals surface area contributed by atoms with Crippen molar-refractivity contribution in [2.45, 2.75) is 32.2 Å². The molecular weight excluding hydrogens is 378 g/mol. The third-order valence-corrected chi connectivity index (χ3v) is 5.21. The number of hydrogen-bond acceptors (Lipinski definition) is 5. The minimum Gasteiger partial charge on any atom is -0.322 e. The topological polar surface area (TPSA) is 90.5 Å². The van der Waals surface area contributed by atoms with Gasteiger partial charge in [0.25, 0.3) is 5.91 Å². The number of tetrazole rings is 1. The number of amides is 1. The smallest absolute Gasteiger partial charge is 0.259 e. The van der Waals surface area contributed by atoms with Crippen LogP contribution in [0.4, 0.5) is 5.69 Å². The fourth-order valence-electron chi connectivity index (χ4n) is 3.58. The van der Waals surface area contributed by atoms with Crippen molar-refractivity contribution in [3.8, 4) is 17.1 Å². The summed E-state index contributed by atoms with van der Waals surface area (Å²) in [6, 6.07) is 17.8. The monoisotopic (exact) mass is 399 g/mol. The summed E-state index contributed by atoms with van der Waals surface area (Å²) in [4.78, 5) is 13.0. The molecule has 0 saturated heterocycles. The molecule has 1 saturated carbocycles. The molecule has 2 aromatic carbocycles. The van der Waals surface area contributed by atoms with Gasteiger partial charge in [-0.25, -0.2) is 9.36 Å². The Morgan fingerprint density at radius 3 is 2.73 bits per heavy atom. The van der Waals surface area contributed by atoms with Crippen LogP contribution in [0, 0.1) is 0 Å². The number of benzene rings is 2. The minimum atomic E-state index is -0.187. The van der Waals surface area contributed by atoms with E-state index in [1.807, 2.05) is 70.9 Å². The average molecular weight is 399 g/mol. The van der Waals surface area contributed by atoms with Crippen LogP contribution in [-0.4, -0.2) is 35.9 Å². The van der Waals surface area contributed by atoms with E-state index >= 15 is 0 Å². The van der Waals surface area contributed by atoms with Gasteiger partial charge in [-0.05, 0) is 54.0 Å². The van der Waals surface area contributed by atoms with Gasteiger partial charge in [-0.15, -0.1) is 5.10 Å². The predicted octanol–water partition coefficient (Wildman–Crippen LogP) is 3.68. The van der Waals surface area contributed by atoms with Gasteiger partial charge in [0.05, 0.1) is 29.2 Å². The van der Waals surface area contributed by atoms with Crippen LogP contribution in [0.1, 0.15) is 41.9 Å². The quantitative estimate of drug-likeness (QED) is 0.534. The average Bonchev–Trinajstić information content (AvgIpc) is 3.34. The zero-order valence-electron chi connectivity index (χ0n) is 16.6. The number of aromatic nitrogens is 6. The molecule has 5 rings (SSSR count). The normalized spacial score (nSPS) is 13.4. The molecule has 0 unspecified atom stereocenters. The van der Waals surface area contributed by atoms with Crippen molar-refractivity contribution < 1.29 is 4.79 Å². The van der Waals surface area contributed by atoms with Crippen molar-refractivity contribution in [1.29, 1.82) is 0 Å². The van der Waals surface area contributed by atoms with Gasteiger partial charge >= 0.3 is 0 Å². The molecule has 1 aliphatic carbocycles. The van der Waals surface area contributed by atoms with E-state index in [9.17, 15) is 4.79 Å². The molecule has 0 spiro atoms. The number of rotatable bonds is 6. The van der Waals surface area contributed by atoms with E-state index < -0.39 is 0 Å². The van der Waals surface area contributed by atoms with Crippen LogP contribution >= 0.6 is 0 Å². The lowest BCUT2D eigenvalue weighted by Crippen LogP contribution is -2.14. The number of para-hydroxylation sites is 1. The van der Waals surface area contributed by atoms with Gasteiger partial charge in [0.1, 0.15) is 0 Å². The summed E-state index contributed by atoms with van der Waals surface area (Å²) in [7, 11) is 0. The molecule has 30 heavy (non-hydrogen) atoms. The van der Waals surface area contributed by atoms with Gasteiger partial charge in [0, 0.05) is 11.3 Å². The van der Waals surface area contributed by atoms with E-state index in [4.69, 9.17) is 0 Å². The maximum absolute atomic E-state index is 13.0. The Balaban J connectivity index is 1.41. The highest BCUT2D eigenvalue weighted by Gasteiger charge is 2.28. The Kier molecular flexibility index (Phi) is 4.59. The maximum Gasteiger partial charge on any atom is 0.259 e. The van der Waals surface area contributed by atoms with Crippen LogP contribution in [0.2, 0.25) is 0 Å². The van der Waals surface area contributed by atoms with Gasteiger partial charge in [0.2, 0.25) is 0 Å². The molecule has 2 heterocycles. The lowest BCUT2D eigenvalue weighted by molar-refractivity contribution is 0.102. The fourth-order valence-corrected chi connectivity index (χ4v) is 3.58. The second kappa shape index (κ2) is 7.55. The van der Waals surface area contributed by atoms with Gasteiger partial charge in [-0.1, -0.05) is 37.3 Å². The zero-order valence-corrected chi connectivity index (χ0v) is 16.6. The van der Waals surface area contributed by atoms with Crippen molar-refractivity contribution in [1.82, 2.24) is 30.0 Å². The van der Waals surface area contributed by atoms with Crippen molar-refractivity contribution in [3.05, 3.63) is 72.1 Å². The second-order valence-corrected chi connectivity index (χ2v) is 7.32. The largest absolute Gasteiger partial charge is 0.322 e. The van der Waals surface area contributed by atoms with Gasteiger partial charge in [-0.3, -0.25) is 4.79 Å². The summed E-state index contributed by atoms with van der Waals surface area (Å²) in [5.74, 6) is 0.535. The Morgan fingerprint density at radius 1 is 1.13 bits per heavy atom. The minimum absolute atomic E-state index is 0.187. The summed E-state index contributed by atoms with van der Waals surface area (Å²) in [6.07, 6.45) is 4.51. The number of nitrogens with zero attached hydrogens (tertiary/aromatic N) is 6. The molecule has 0 radical (unpaired) electrons. The number of carbonyl (C=O) groups excluding carboxylic acids is 1. The third kappa shape index (κ3) is 3.36. The number of anilines is 1. The SMILES string of the molecule is CCc1c(C(=O)Nc2cccc(-c3nnnn3C3CC3)c2)cnn1-c1ccccc1. The van der Waals surface area contributed by atoms with Crippen LogP contribution in [-0.2, 0) is 6.42 Å². The summed E-state index contributed by atoms with van der Waals surface area (Å²) in [6.45, 7) is 2.02. The molecule has 1 amide bonds. The summed E-state index contributed by atoms with van der Waals surface area (Å²) >= 11 is 0. The molecule has 8 nitrogen and oxygen atoms in total. The first-order chi connectivity index (χ1) is 14.7. The van der Waals surface area contributed by atoms with Crippen molar-refractivity contribution in [2.24, 2.45) is 0 Å². The molecule has 150 valence electrons. The lowest BCUT2D eigenvalue weighted by Gasteiger charge is -2.09. The molecule has 2 aromatic heterocycles. The Hall–Kier alpha value is -3.81. The molecule has 8 heteroatoms. The molecule has 4 aromatic rings. The fraction of sp³-hybridized carbons (Fsp3) is 0.227. The van der Waals surface area contributed by atoms with E-state index in [-0.39, 0.29) is 5.91 Å². The first kappa shape index (κ1) is 18.2. The van der Waals surface area contributed by atoms with E-state index in [1.165, 1.54) is 0 Å². The van der Waals surface area contributed by atoms with E-state index in [1.54, 1.807) is 6.20 Å². The Bertz CT molecular complexity index is 1190. The van der Waals surface area contributed by atoms with Crippen LogP contribution in [0.15, 0.2) is 60.8 Å². The standard InChI is InChI=1S/C22H21N7O/c1-2-20-19(14-23-28(20)17-9-4-3-5-10-17)22(30)24-16-8-6-7-15(13-16)21-25-26-27-29(21)18-11-12-18/h3-10,13-14,18H,2,11-12H2,1H3,(H,24,30). The van der Waals surface area contributed by atoms with Crippen LogP contribution in [0.3, 0.4) is 0 Å². The molecule has 1 aliphatic rings. The predicted molar refractivity (Wildman–Crippen MR) is 112 cm³/mol. The van der Waals surface area contributed by atoms with Crippen molar-refractivity contribution in [2.75, 3.05) is 5.32 Å². The molecule has 0 atom stereocenters. The highest BCUT2D eigenvalue weighted by molar-refractivity contribution is 6.05. The van der Waals surface area contributed by atoms with Gasteiger partial charge in [-0.2, -0.15) is 5.10 Å². The van der Waals surface area contributed by atoms with E-state index in [0.717, 1.165) is 35.6 Å². The van der Waals surface area contributed by atoms with Crippen molar-refractivity contribution in [3.63, 3.8) is 0 Å². The van der Waals surface area contributed by atoms with Crippen LogP contribution in [0.25, 0.3) is 17.1 Å². The van der Waals surface area contributed by atoms with E-state index in [2.05, 4.69) is 25.9 Å². The third-order valence-electron chi connectivity index (χ3n) is 5.21. The summed E-state index contributed by atoms with van der Waals surface area (Å²) in [5, 5.41) is 19.5. The number of hydrogen-bond donors (Lipinski definition) is 1. The second-order valence-electron chi connectivity index (χ2n) is 7.32. The molecule has 1 fully saturated rings. The highest BCUT2D eigenvalue weighted by Crippen LogP contribution is 2.36. The van der Waals surface area contributed by atoms with E-state index in [0.29, 0.717) is 23.7 Å². The molecule has 0 aliphatic heterocycles. The number of nitrogens with one attached hydrogen (secondary N) is 1. The maximum atomic E-state index is 13.0. The van der Waals surface area contributed by atoms with Crippen molar-refractivity contribution >= 4 is 11.6 Å². The van der Waals surface area contributed by atoms with Crippen LogP contribution < -0.4 is 5.32 Å². The highest BCUT2D eigenvalue weighted by atomic mass is 16.1. The summed E-state index contributed by atoms with van der Waals surface area (Å²) in [5.41, 5.74) is 3.93. The first-order valence-corrected chi connectivity index (χ1v) is 10.1.